The second-order valence-corrected chi connectivity index (χ2v) is 21.9. The Bertz CT molecular complexity index is 4030. The van der Waals surface area contributed by atoms with Gasteiger partial charge >= 0.3 is 0 Å². The van der Waals surface area contributed by atoms with Gasteiger partial charge in [-0.3, -0.25) is 0 Å². The smallest absolute Gasteiger partial charge is 0.161 e. The Hall–Kier alpha value is -7.30. The summed E-state index contributed by atoms with van der Waals surface area (Å²) in [5.74, 6) is 0. The summed E-state index contributed by atoms with van der Waals surface area (Å²) >= 11 is 0. The van der Waals surface area contributed by atoms with Crippen molar-refractivity contribution in [1.29, 1.82) is 0 Å². The molecule has 0 saturated heterocycles. The number of furan rings is 1. The van der Waals surface area contributed by atoms with Gasteiger partial charge in [0, 0.05) is 65.7 Å². The summed E-state index contributed by atoms with van der Waals surface area (Å²) in [6.07, 6.45) is 0. The van der Waals surface area contributed by atoms with Crippen LogP contribution in [0.25, 0.3) is 98.5 Å². The third-order valence-electron chi connectivity index (χ3n) is 14.6. The van der Waals surface area contributed by atoms with Crippen LogP contribution in [-0.2, 0) is 16.2 Å². The van der Waals surface area contributed by atoms with E-state index in [-0.39, 0.29) is 16.2 Å². The number of nitrogens with zero attached hydrogens (tertiary/aromatic N) is 3. The molecule has 66 heavy (non-hydrogen) atoms. The first-order valence-electron chi connectivity index (χ1n) is 23.5. The minimum absolute atomic E-state index is 0.0447. The summed E-state index contributed by atoms with van der Waals surface area (Å²) in [7, 11) is 0. The van der Waals surface area contributed by atoms with Crippen molar-refractivity contribution in [2.75, 3.05) is 4.90 Å². The topological polar surface area (TPSA) is 25.2 Å². The molecule has 5 heterocycles. The summed E-state index contributed by atoms with van der Waals surface area (Å²) in [6, 6.07) is 59.0. The molecule has 0 unspecified atom stereocenters. The van der Waals surface area contributed by atoms with Crippen molar-refractivity contribution >= 4 is 104 Å². The molecule has 4 heteroatoms. The maximum atomic E-state index is 6.79. The van der Waals surface area contributed by atoms with Gasteiger partial charge in [0.2, 0.25) is 0 Å². The Morgan fingerprint density at radius 2 is 0.803 bits per heavy atom. The molecular formula is C62H53N3O. The lowest BCUT2D eigenvalue weighted by Gasteiger charge is -2.26. The average molecular weight is 856 g/mol. The molecule has 0 aliphatic heterocycles. The summed E-state index contributed by atoms with van der Waals surface area (Å²) in [5, 5.41) is 10.1. The van der Waals surface area contributed by atoms with E-state index in [1.807, 2.05) is 0 Å². The van der Waals surface area contributed by atoms with E-state index in [1.54, 1.807) is 0 Å². The van der Waals surface area contributed by atoms with Crippen molar-refractivity contribution in [2.45, 2.75) is 78.6 Å². The van der Waals surface area contributed by atoms with Crippen molar-refractivity contribution in [1.82, 2.24) is 8.80 Å². The maximum Gasteiger partial charge on any atom is 0.161 e. The van der Waals surface area contributed by atoms with Crippen LogP contribution in [0.5, 0.6) is 0 Å². The molecule has 0 N–H and O–H groups in total. The fraction of sp³-hybridized carbons (Fsp3) is 0.194. The number of para-hydroxylation sites is 3. The zero-order valence-corrected chi connectivity index (χ0v) is 39.3. The third-order valence-corrected chi connectivity index (χ3v) is 14.6. The average Bonchev–Trinajstić information content (AvgIpc) is 4.09. The predicted octanol–water partition coefficient (Wildman–Crippen LogP) is 17.8. The van der Waals surface area contributed by atoms with E-state index in [1.165, 1.54) is 93.1 Å². The van der Waals surface area contributed by atoms with Crippen LogP contribution in [0.1, 0.15) is 79.0 Å². The number of benzene rings is 8. The van der Waals surface area contributed by atoms with Crippen molar-refractivity contribution in [3.63, 3.8) is 0 Å². The predicted molar refractivity (Wildman–Crippen MR) is 282 cm³/mol. The van der Waals surface area contributed by atoms with E-state index in [0.717, 1.165) is 39.1 Å². The van der Waals surface area contributed by atoms with E-state index in [9.17, 15) is 0 Å². The van der Waals surface area contributed by atoms with Gasteiger partial charge in [0.25, 0.3) is 0 Å². The minimum Gasteiger partial charge on any atom is -0.454 e. The molecule has 8 aromatic carbocycles. The zero-order chi connectivity index (χ0) is 45.2. The SMILES string of the molecule is CC(C)(C)c1cc(-c2ccc(N(c3ccccc3)c3ccccc3)cc2)c2c(c1)c1cc(C(C)(C)C)cc3c4cc5c6cc(C(C)(C)C)cc7c8oc9ccccc9c8n(c5cc4n2c31)c67. The number of hydrogen-bond donors (Lipinski definition) is 0. The summed E-state index contributed by atoms with van der Waals surface area (Å²) in [4.78, 5) is 2.34. The monoisotopic (exact) mass is 855 g/mol. The molecule has 4 nitrogen and oxygen atoms in total. The first-order valence-corrected chi connectivity index (χ1v) is 23.5. The Morgan fingerprint density at radius 1 is 0.364 bits per heavy atom. The molecular weight excluding hydrogens is 803 g/mol. The van der Waals surface area contributed by atoms with Crippen LogP contribution in [0.2, 0.25) is 0 Å². The molecule has 0 amide bonds. The minimum atomic E-state index is -0.0712. The molecule has 5 aromatic heterocycles. The second kappa shape index (κ2) is 13.2. The molecule has 0 aliphatic rings. The molecule has 0 radical (unpaired) electrons. The number of hydrogen-bond acceptors (Lipinski definition) is 2. The highest BCUT2D eigenvalue weighted by Gasteiger charge is 2.30. The number of fused-ring (bicyclic) bond motifs is 14. The molecule has 13 rings (SSSR count). The van der Waals surface area contributed by atoms with Gasteiger partial charge in [0.05, 0.1) is 27.6 Å². The van der Waals surface area contributed by atoms with E-state index in [0.29, 0.717) is 0 Å². The van der Waals surface area contributed by atoms with Crippen LogP contribution in [-0.4, -0.2) is 8.80 Å². The first kappa shape index (κ1) is 39.1. The van der Waals surface area contributed by atoms with Crippen LogP contribution in [0.4, 0.5) is 17.1 Å². The quantitative estimate of drug-likeness (QED) is 0.176. The lowest BCUT2D eigenvalue weighted by Crippen LogP contribution is -2.11. The molecule has 0 fully saturated rings. The van der Waals surface area contributed by atoms with Crippen LogP contribution >= 0.6 is 0 Å². The molecule has 0 bridgehead atoms. The van der Waals surface area contributed by atoms with Gasteiger partial charge < -0.3 is 18.1 Å². The number of aromatic nitrogens is 2. The zero-order valence-electron chi connectivity index (χ0n) is 39.3. The molecule has 322 valence electrons. The van der Waals surface area contributed by atoms with Gasteiger partial charge in [-0.15, -0.1) is 0 Å². The van der Waals surface area contributed by atoms with E-state index in [2.05, 4.69) is 234 Å². The maximum absolute atomic E-state index is 6.79. The fourth-order valence-corrected chi connectivity index (χ4v) is 11.1. The van der Waals surface area contributed by atoms with Gasteiger partial charge in [-0.25, -0.2) is 0 Å². The van der Waals surface area contributed by atoms with Gasteiger partial charge in [0.1, 0.15) is 11.1 Å². The van der Waals surface area contributed by atoms with Crippen LogP contribution in [0.3, 0.4) is 0 Å². The number of rotatable bonds is 4. The molecule has 13 aromatic rings. The first-order chi connectivity index (χ1) is 31.6. The molecule has 0 atom stereocenters. The Morgan fingerprint density at radius 3 is 1.36 bits per heavy atom. The Kier molecular flexibility index (Phi) is 7.80. The van der Waals surface area contributed by atoms with Crippen LogP contribution < -0.4 is 4.90 Å². The normalized spacial score (nSPS) is 13.2. The summed E-state index contributed by atoms with van der Waals surface area (Å²) < 4.78 is 11.9. The molecule has 0 saturated carbocycles. The van der Waals surface area contributed by atoms with Gasteiger partial charge in [-0.1, -0.05) is 123 Å². The Balaban J connectivity index is 1.16. The van der Waals surface area contributed by atoms with E-state index >= 15 is 0 Å². The highest BCUT2D eigenvalue weighted by Crippen LogP contribution is 2.50. The summed E-state index contributed by atoms with van der Waals surface area (Å²) in [6.45, 7) is 21.0. The Labute approximate surface area is 385 Å². The lowest BCUT2D eigenvalue weighted by molar-refractivity contribution is 0.591. The van der Waals surface area contributed by atoms with Gasteiger partial charge in [-0.05, 0) is 136 Å². The van der Waals surface area contributed by atoms with Crippen LogP contribution in [0, 0.1) is 0 Å². The third kappa shape index (κ3) is 5.45. The van der Waals surface area contributed by atoms with Gasteiger partial charge in [0.15, 0.2) is 5.58 Å². The van der Waals surface area contributed by atoms with Crippen molar-refractivity contribution in [3.8, 4) is 11.1 Å². The van der Waals surface area contributed by atoms with Crippen LogP contribution in [0.15, 0.2) is 162 Å². The molecule has 0 spiro atoms. The molecule has 0 aliphatic carbocycles. The highest BCUT2D eigenvalue weighted by atomic mass is 16.3. The lowest BCUT2D eigenvalue weighted by atomic mass is 9.83. The second-order valence-electron chi connectivity index (χ2n) is 21.9. The van der Waals surface area contributed by atoms with Crippen molar-refractivity contribution in [2.24, 2.45) is 0 Å². The number of anilines is 3. The largest absolute Gasteiger partial charge is 0.454 e. The van der Waals surface area contributed by atoms with E-state index < -0.39 is 0 Å². The van der Waals surface area contributed by atoms with Crippen molar-refractivity contribution in [3.05, 3.63) is 174 Å². The standard InChI is InChI=1S/C62H53N3O/c1-60(2,3)37-28-44(36-24-26-42(27-25-36)63(40-18-12-10-13-19-40)41-20-14-11-15-21-41)55-49(31-37)50-32-38(61(4,5)6)29-47-45-34-46-48-30-39(62(7,8)9)33-51-57(48)65(53(46)35-52(45)64(55)56(47)50)58-43-22-16-17-23-54(43)66-59(51)58/h10-35H,1-9H3. The van der Waals surface area contributed by atoms with E-state index in [4.69, 9.17) is 4.42 Å². The van der Waals surface area contributed by atoms with Crippen molar-refractivity contribution < 1.29 is 4.42 Å². The fourth-order valence-electron chi connectivity index (χ4n) is 11.1. The summed E-state index contributed by atoms with van der Waals surface area (Å²) in [5.41, 5.74) is 18.9. The highest BCUT2D eigenvalue weighted by molar-refractivity contribution is 6.31. The van der Waals surface area contributed by atoms with Gasteiger partial charge in [-0.2, -0.15) is 0 Å².